The number of carbonyl (C=O) groups is 5. The van der Waals surface area contributed by atoms with E-state index in [9.17, 15) is 29.1 Å². The van der Waals surface area contributed by atoms with Crippen LogP contribution in [0.15, 0.2) is 24.3 Å². The normalized spacial score (nSPS) is 24.6. The largest absolute Gasteiger partial charge is 0.467 e. The van der Waals surface area contributed by atoms with Gasteiger partial charge in [0.15, 0.2) is 18.3 Å². The molecule has 14 heteroatoms. The molecule has 0 radical (unpaired) electrons. The van der Waals surface area contributed by atoms with E-state index in [2.05, 4.69) is 0 Å². The molecule has 0 spiro atoms. The Morgan fingerprint density at radius 3 is 1.94 bits per heavy atom. The SMILES string of the molecule is COC(=O)C1OC(Oc2ccc(C(CN(C)C(=O)OC(C)(C)C)C3(O)CCCCC3)cc2)C(OC(C)=O)C(OC(C)=O)C1OC(C)=O. The Balaban J connectivity index is 1.95. The summed E-state index contributed by atoms with van der Waals surface area (Å²) < 4.78 is 38.4. The van der Waals surface area contributed by atoms with E-state index in [0.717, 1.165) is 52.7 Å². The molecule has 14 nitrogen and oxygen atoms in total. The van der Waals surface area contributed by atoms with E-state index >= 15 is 0 Å². The van der Waals surface area contributed by atoms with E-state index < -0.39 is 77.8 Å². The lowest BCUT2D eigenvalue weighted by Gasteiger charge is -2.43. The Bertz CT molecular complexity index is 1270. The van der Waals surface area contributed by atoms with Gasteiger partial charge in [-0.1, -0.05) is 31.4 Å². The summed E-state index contributed by atoms with van der Waals surface area (Å²) in [7, 11) is 2.72. The lowest BCUT2D eigenvalue weighted by molar-refractivity contribution is -0.282. The van der Waals surface area contributed by atoms with E-state index in [1.54, 1.807) is 52.1 Å². The summed E-state index contributed by atoms with van der Waals surface area (Å²) in [5, 5.41) is 11.8. The third-order valence-electron chi connectivity index (χ3n) is 7.90. The first-order chi connectivity index (χ1) is 21.9. The molecule has 1 aliphatic heterocycles. The highest BCUT2D eigenvalue weighted by molar-refractivity contribution is 5.77. The van der Waals surface area contributed by atoms with Crippen LogP contribution in [0, 0.1) is 0 Å². The van der Waals surface area contributed by atoms with Gasteiger partial charge in [0, 0.05) is 40.3 Å². The summed E-state index contributed by atoms with van der Waals surface area (Å²) >= 11 is 0. The standard InChI is InChI=1S/C33H47NO13/c1-19(35)42-25-26(43-20(2)36)28(44-21(3)37)30(46-27(25)29(38)41-8)45-23-14-12-22(13-15-23)24(33(40)16-10-9-11-17-33)18-34(7)31(39)47-32(4,5)6/h12-15,24-28,30,40H,9-11,16-18H2,1-8H3. The summed E-state index contributed by atoms with van der Waals surface area (Å²) in [5.41, 5.74) is -1.02. The van der Waals surface area contributed by atoms with Crippen LogP contribution in [0.4, 0.5) is 4.79 Å². The molecular formula is C33H47NO13. The molecule has 6 unspecified atom stereocenters. The first kappa shape index (κ1) is 37.5. The average Bonchev–Trinajstić information content (AvgIpc) is 2.97. The van der Waals surface area contributed by atoms with Crippen LogP contribution < -0.4 is 4.74 Å². The minimum Gasteiger partial charge on any atom is -0.467 e. The van der Waals surface area contributed by atoms with E-state index in [4.69, 9.17) is 33.2 Å². The molecule has 2 aliphatic rings. The maximum absolute atomic E-state index is 12.8. The topological polar surface area (TPSA) is 173 Å². The fourth-order valence-electron chi connectivity index (χ4n) is 5.87. The van der Waals surface area contributed by atoms with Gasteiger partial charge in [-0.2, -0.15) is 0 Å². The smallest absolute Gasteiger partial charge is 0.410 e. The van der Waals surface area contributed by atoms with Gasteiger partial charge in [0.25, 0.3) is 0 Å². The monoisotopic (exact) mass is 665 g/mol. The van der Waals surface area contributed by atoms with Crippen LogP contribution in [0.3, 0.4) is 0 Å². The number of rotatable bonds is 10. The molecule has 262 valence electrons. The van der Waals surface area contributed by atoms with Crippen molar-refractivity contribution in [3.8, 4) is 5.75 Å². The number of ether oxygens (including phenoxy) is 7. The molecule has 1 saturated heterocycles. The Morgan fingerprint density at radius 2 is 1.43 bits per heavy atom. The minimum atomic E-state index is -1.60. The van der Waals surface area contributed by atoms with Gasteiger partial charge in [-0.05, 0) is 51.3 Å². The van der Waals surface area contributed by atoms with Crippen LogP contribution in [-0.4, -0.2) is 103 Å². The molecule has 1 heterocycles. The van der Waals surface area contributed by atoms with Crippen LogP contribution >= 0.6 is 0 Å². The molecule has 2 fully saturated rings. The number of benzene rings is 1. The molecule has 1 amide bonds. The highest BCUT2D eigenvalue weighted by atomic mass is 16.7. The molecule has 3 rings (SSSR count). The van der Waals surface area contributed by atoms with Crippen LogP contribution in [0.25, 0.3) is 0 Å². The Labute approximate surface area is 274 Å². The van der Waals surface area contributed by atoms with Crippen LogP contribution in [-0.2, 0) is 47.6 Å². The number of esters is 4. The molecule has 0 bridgehead atoms. The third kappa shape index (κ3) is 10.3. The van der Waals surface area contributed by atoms with Crippen molar-refractivity contribution in [2.75, 3.05) is 20.7 Å². The fourth-order valence-corrected chi connectivity index (χ4v) is 5.87. The van der Waals surface area contributed by atoms with Gasteiger partial charge in [-0.3, -0.25) is 14.4 Å². The van der Waals surface area contributed by atoms with Crippen molar-refractivity contribution in [1.29, 1.82) is 0 Å². The fraction of sp³-hybridized carbons (Fsp3) is 0.667. The van der Waals surface area contributed by atoms with E-state index in [-0.39, 0.29) is 12.3 Å². The second-order valence-corrected chi connectivity index (χ2v) is 12.9. The maximum Gasteiger partial charge on any atom is 0.410 e. The van der Waals surface area contributed by atoms with Crippen molar-refractivity contribution >= 4 is 30.0 Å². The number of amides is 1. The summed E-state index contributed by atoms with van der Waals surface area (Å²) in [6.45, 7) is 8.84. The quantitative estimate of drug-likeness (QED) is 0.285. The Kier molecular flexibility index (Phi) is 12.6. The molecule has 1 N–H and O–H groups in total. The first-order valence-electron chi connectivity index (χ1n) is 15.6. The molecule has 0 aromatic heterocycles. The molecule has 47 heavy (non-hydrogen) atoms. The summed E-state index contributed by atoms with van der Waals surface area (Å²) in [5.74, 6) is -3.60. The molecule has 1 aliphatic carbocycles. The van der Waals surface area contributed by atoms with Gasteiger partial charge >= 0.3 is 30.0 Å². The van der Waals surface area contributed by atoms with Gasteiger partial charge in [0.2, 0.25) is 12.4 Å². The van der Waals surface area contributed by atoms with Gasteiger partial charge < -0.3 is 43.2 Å². The van der Waals surface area contributed by atoms with Crippen molar-refractivity contribution in [1.82, 2.24) is 4.90 Å². The minimum absolute atomic E-state index is 0.189. The lowest BCUT2D eigenvalue weighted by Crippen LogP contribution is -2.64. The highest BCUT2D eigenvalue weighted by Crippen LogP contribution is 2.41. The zero-order valence-corrected chi connectivity index (χ0v) is 28.3. The van der Waals surface area contributed by atoms with E-state index in [1.165, 1.54) is 4.90 Å². The molecule has 1 aromatic rings. The summed E-state index contributed by atoms with van der Waals surface area (Å²) in [4.78, 5) is 63.1. The van der Waals surface area contributed by atoms with Gasteiger partial charge in [0.05, 0.1) is 12.7 Å². The average molecular weight is 666 g/mol. The number of nitrogens with zero attached hydrogens (tertiary/aromatic N) is 1. The second-order valence-electron chi connectivity index (χ2n) is 12.9. The second kappa shape index (κ2) is 15.8. The van der Waals surface area contributed by atoms with E-state index in [0.29, 0.717) is 12.8 Å². The lowest BCUT2D eigenvalue weighted by atomic mass is 9.72. The van der Waals surface area contributed by atoms with Crippen molar-refractivity contribution in [2.24, 2.45) is 0 Å². The predicted molar refractivity (Wildman–Crippen MR) is 164 cm³/mol. The predicted octanol–water partition coefficient (Wildman–Crippen LogP) is 3.40. The van der Waals surface area contributed by atoms with Gasteiger partial charge in [0.1, 0.15) is 11.4 Å². The van der Waals surface area contributed by atoms with E-state index in [1.807, 2.05) is 0 Å². The van der Waals surface area contributed by atoms with Gasteiger partial charge in [-0.15, -0.1) is 0 Å². The molecular weight excluding hydrogens is 618 g/mol. The highest BCUT2D eigenvalue weighted by Gasteiger charge is 2.56. The summed E-state index contributed by atoms with van der Waals surface area (Å²) in [6, 6.07) is 6.68. The van der Waals surface area contributed by atoms with Crippen molar-refractivity contribution in [3.63, 3.8) is 0 Å². The first-order valence-corrected chi connectivity index (χ1v) is 15.6. The summed E-state index contributed by atoms with van der Waals surface area (Å²) in [6.07, 6.45) is -4.26. The molecule has 1 saturated carbocycles. The van der Waals surface area contributed by atoms with Crippen LogP contribution in [0.5, 0.6) is 5.75 Å². The molecule has 6 atom stereocenters. The van der Waals surface area contributed by atoms with Crippen LogP contribution in [0.2, 0.25) is 0 Å². The number of hydrogen-bond donors (Lipinski definition) is 1. The maximum atomic E-state index is 12.8. The zero-order chi connectivity index (χ0) is 35.1. The van der Waals surface area contributed by atoms with Crippen LogP contribution in [0.1, 0.15) is 85.1 Å². The zero-order valence-electron chi connectivity index (χ0n) is 28.3. The van der Waals surface area contributed by atoms with Gasteiger partial charge in [-0.25, -0.2) is 9.59 Å². The molecule has 1 aromatic carbocycles. The van der Waals surface area contributed by atoms with Crippen molar-refractivity contribution in [3.05, 3.63) is 29.8 Å². The number of methoxy groups -OCH3 is 1. The Morgan fingerprint density at radius 1 is 0.894 bits per heavy atom. The number of likely N-dealkylation sites (N-methyl/N-ethyl adjacent to an activating group) is 1. The van der Waals surface area contributed by atoms with Crippen molar-refractivity contribution in [2.45, 2.75) is 121 Å². The number of aliphatic hydroxyl groups is 1. The number of hydrogen-bond acceptors (Lipinski definition) is 13. The third-order valence-corrected chi connectivity index (χ3v) is 7.90. The number of carbonyl (C=O) groups excluding carboxylic acids is 5. The van der Waals surface area contributed by atoms with Crippen molar-refractivity contribution < 1.29 is 62.2 Å². The Hall–Kier alpha value is -3.91.